The van der Waals surface area contributed by atoms with E-state index < -0.39 is 0 Å². The first-order chi connectivity index (χ1) is 14.6. The average molecular weight is 454 g/mol. The third-order valence-corrected chi connectivity index (χ3v) is 5.09. The average Bonchev–Trinajstić information content (AvgIpc) is 2.76. The van der Waals surface area contributed by atoms with Crippen LogP contribution in [0.1, 0.15) is 5.56 Å². The molecule has 7 nitrogen and oxygen atoms in total. The molecular formula is C21H25Cl2N3O4. The molecule has 2 aromatic carbocycles. The van der Waals surface area contributed by atoms with E-state index in [1.165, 1.54) is 0 Å². The molecule has 3 N–H and O–H groups in total. The summed E-state index contributed by atoms with van der Waals surface area (Å²) >= 11 is 11.8. The lowest BCUT2D eigenvalue weighted by atomic mass is 10.1. The number of urea groups is 1. The molecule has 0 radical (unpaired) electrons. The molecule has 1 unspecified atom stereocenters. The van der Waals surface area contributed by atoms with E-state index in [0.717, 1.165) is 17.9 Å². The predicted molar refractivity (Wildman–Crippen MR) is 118 cm³/mol. The normalized spacial score (nSPS) is 16.1. The highest BCUT2D eigenvalue weighted by atomic mass is 35.5. The number of rotatable bonds is 9. The number of hydrogen-bond donors (Lipinski definition) is 3. The van der Waals surface area contributed by atoms with Gasteiger partial charge in [0.15, 0.2) is 6.29 Å². The highest BCUT2D eigenvalue weighted by molar-refractivity contribution is 6.42. The van der Waals surface area contributed by atoms with Crippen molar-refractivity contribution in [1.29, 1.82) is 0 Å². The summed E-state index contributed by atoms with van der Waals surface area (Å²) in [6.45, 7) is 3.64. The van der Waals surface area contributed by atoms with Gasteiger partial charge in [-0.25, -0.2) is 4.79 Å². The van der Waals surface area contributed by atoms with Crippen molar-refractivity contribution < 1.29 is 19.0 Å². The number of benzene rings is 2. The Bertz CT molecular complexity index is 814. The summed E-state index contributed by atoms with van der Waals surface area (Å²) in [6.07, 6.45) is 0.496. The van der Waals surface area contributed by atoms with Crippen LogP contribution in [0.3, 0.4) is 0 Å². The van der Waals surface area contributed by atoms with E-state index in [-0.39, 0.29) is 12.3 Å². The van der Waals surface area contributed by atoms with Gasteiger partial charge < -0.3 is 30.2 Å². The second kappa shape index (κ2) is 12.0. The maximum Gasteiger partial charge on any atom is 0.319 e. The van der Waals surface area contributed by atoms with Crippen molar-refractivity contribution in [3.63, 3.8) is 0 Å². The number of anilines is 1. The van der Waals surface area contributed by atoms with E-state index in [9.17, 15) is 4.79 Å². The predicted octanol–water partition coefficient (Wildman–Crippen LogP) is 3.70. The molecule has 1 aliphatic heterocycles. The molecule has 2 aromatic rings. The summed E-state index contributed by atoms with van der Waals surface area (Å²) in [5.74, 6) is 0.773. The van der Waals surface area contributed by atoms with Crippen molar-refractivity contribution >= 4 is 34.9 Å². The van der Waals surface area contributed by atoms with Crippen molar-refractivity contribution in [2.75, 3.05) is 44.8 Å². The summed E-state index contributed by atoms with van der Waals surface area (Å²) in [7, 11) is 0. The third kappa shape index (κ3) is 7.66. The summed E-state index contributed by atoms with van der Waals surface area (Å²) < 4.78 is 16.7. The lowest BCUT2D eigenvalue weighted by Gasteiger charge is -2.23. The maximum absolute atomic E-state index is 12.0. The van der Waals surface area contributed by atoms with Crippen molar-refractivity contribution in [2.24, 2.45) is 0 Å². The summed E-state index contributed by atoms with van der Waals surface area (Å²) in [5.41, 5.74) is 1.67. The first-order valence-electron chi connectivity index (χ1n) is 9.76. The number of carbonyl (C=O) groups excluding carboxylic acids is 1. The number of morpholine rings is 1. The minimum Gasteiger partial charge on any atom is -0.491 e. The molecule has 1 heterocycles. The van der Waals surface area contributed by atoms with Gasteiger partial charge in [-0.05, 0) is 42.3 Å². The van der Waals surface area contributed by atoms with Crippen molar-refractivity contribution in [3.8, 4) is 5.75 Å². The minimum atomic E-state index is -0.300. The molecular weight excluding hydrogens is 429 g/mol. The largest absolute Gasteiger partial charge is 0.491 e. The van der Waals surface area contributed by atoms with Gasteiger partial charge in [-0.1, -0.05) is 35.3 Å². The number of amides is 2. The second-order valence-electron chi connectivity index (χ2n) is 6.63. The summed E-state index contributed by atoms with van der Waals surface area (Å²) in [6, 6.07) is 12.4. The van der Waals surface area contributed by atoms with Crippen LogP contribution in [0, 0.1) is 0 Å². The van der Waals surface area contributed by atoms with Crippen LogP contribution >= 0.6 is 23.2 Å². The summed E-state index contributed by atoms with van der Waals surface area (Å²) in [5, 5.41) is 9.57. The van der Waals surface area contributed by atoms with Gasteiger partial charge in [-0.15, -0.1) is 0 Å². The van der Waals surface area contributed by atoms with E-state index in [0.29, 0.717) is 55.1 Å². The highest BCUT2D eigenvalue weighted by Gasteiger charge is 2.12. The molecule has 2 amide bonds. The number of nitrogens with one attached hydrogen (secondary N) is 3. The zero-order chi connectivity index (χ0) is 21.2. The van der Waals surface area contributed by atoms with Gasteiger partial charge in [0.05, 0.1) is 23.3 Å². The number of carbonyl (C=O) groups is 1. The standard InChI is InChI=1S/C21H25Cl2N3O4/c22-18-6-3-16(13-19(18)23)26-21(27)25-8-7-15-1-4-17(5-2-15)28-11-12-30-20-14-24-9-10-29-20/h1-6,13,20,24H,7-12,14H2,(H2,25,26,27). The Morgan fingerprint density at radius 1 is 1.13 bits per heavy atom. The SMILES string of the molecule is O=C(NCCc1ccc(OCCOC2CNCCO2)cc1)Nc1ccc(Cl)c(Cl)c1. The molecule has 0 spiro atoms. The van der Waals surface area contributed by atoms with Crippen LogP contribution in [-0.4, -0.2) is 51.8 Å². The van der Waals surface area contributed by atoms with Gasteiger partial charge in [0.2, 0.25) is 0 Å². The van der Waals surface area contributed by atoms with Crippen LogP contribution in [0.25, 0.3) is 0 Å². The monoisotopic (exact) mass is 453 g/mol. The van der Waals surface area contributed by atoms with E-state index in [4.69, 9.17) is 37.4 Å². The molecule has 1 fully saturated rings. The topological polar surface area (TPSA) is 80.9 Å². The van der Waals surface area contributed by atoms with E-state index in [1.807, 2.05) is 24.3 Å². The van der Waals surface area contributed by atoms with Crippen molar-refractivity contribution in [2.45, 2.75) is 12.7 Å². The molecule has 1 aliphatic rings. The Morgan fingerprint density at radius 2 is 1.97 bits per heavy atom. The van der Waals surface area contributed by atoms with Gasteiger partial charge >= 0.3 is 6.03 Å². The molecule has 0 saturated carbocycles. The fourth-order valence-corrected chi connectivity index (χ4v) is 3.11. The molecule has 162 valence electrons. The molecule has 3 rings (SSSR count). The van der Waals surface area contributed by atoms with Crippen LogP contribution in [0.15, 0.2) is 42.5 Å². The number of halogens is 2. The Labute approximate surface area is 186 Å². The molecule has 1 atom stereocenters. The summed E-state index contributed by atoms with van der Waals surface area (Å²) in [4.78, 5) is 12.0. The second-order valence-corrected chi connectivity index (χ2v) is 7.44. The minimum absolute atomic E-state index is 0.203. The molecule has 30 heavy (non-hydrogen) atoms. The van der Waals surface area contributed by atoms with Crippen molar-refractivity contribution in [3.05, 3.63) is 58.1 Å². The lowest BCUT2D eigenvalue weighted by molar-refractivity contribution is -0.156. The zero-order valence-corrected chi connectivity index (χ0v) is 18.0. The number of ether oxygens (including phenoxy) is 3. The number of hydrogen-bond acceptors (Lipinski definition) is 5. The molecule has 9 heteroatoms. The van der Waals surface area contributed by atoms with Crippen LogP contribution < -0.4 is 20.7 Å². The van der Waals surface area contributed by atoms with Gasteiger partial charge in [-0.3, -0.25) is 0 Å². The fraction of sp³-hybridized carbons (Fsp3) is 0.381. The van der Waals surface area contributed by atoms with Gasteiger partial charge in [0.25, 0.3) is 0 Å². The van der Waals surface area contributed by atoms with Crippen LogP contribution in [0.2, 0.25) is 10.0 Å². The van der Waals surface area contributed by atoms with Gasteiger partial charge in [-0.2, -0.15) is 0 Å². The molecule has 1 saturated heterocycles. The molecule has 0 aliphatic carbocycles. The maximum atomic E-state index is 12.0. The first kappa shape index (κ1) is 22.7. The smallest absolute Gasteiger partial charge is 0.319 e. The third-order valence-electron chi connectivity index (χ3n) is 4.35. The molecule has 0 bridgehead atoms. The van der Waals surface area contributed by atoms with E-state index >= 15 is 0 Å². The van der Waals surface area contributed by atoms with Crippen LogP contribution in [0.5, 0.6) is 5.75 Å². The Balaban J connectivity index is 1.31. The Kier molecular flexibility index (Phi) is 9.04. The van der Waals surface area contributed by atoms with Gasteiger partial charge in [0.1, 0.15) is 12.4 Å². The van der Waals surface area contributed by atoms with E-state index in [2.05, 4.69) is 16.0 Å². The Morgan fingerprint density at radius 3 is 2.70 bits per heavy atom. The first-order valence-corrected chi connectivity index (χ1v) is 10.5. The fourth-order valence-electron chi connectivity index (χ4n) is 2.81. The highest BCUT2D eigenvalue weighted by Crippen LogP contribution is 2.24. The van der Waals surface area contributed by atoms with Gasteiger partial charge in [0, 0.05) is 25.3 Å². The van der Waals surface area contributed by atoms with Crippen molar-refractivity contribution in [1.82, 2.24) is 10.6 Å². The lowest BCUT2D eigenvalue weighted by Crippen LogP contribution is -2.40. The quantitative estimate of drug-likeness (QED) is 0.504. The molecule has 0 aromatic heterocycles. The zero-order valence-electron chi connectivity index (χ0n) is 16.5. The van der Waals surface area contributed by atoms with Crippen LogP contribution in [0.4, 0.5) is 10.5 Å². The Hall–Kier alpha value is -2.03. The van der Waals surface area contributed by atoms with E-state index in [1.54, 1.807) is 18.2 Å². The van der Waals surface area contributed by atoms with Crippen LogP contribution in [-0.2, 0) is 15.9 Å².